The molecular weight excluding hydrogens is 260 g/mol. The molecule has 1 aromatic heterocycles. The van der Waals surface area contributed by atoms with E-state index in [2.05, 4.69) is 0 Å². The summed E-state index contributed by atoms with van der Waals surface area (Å²) in [4.78, 5) is 24.4. The summed E-state index contributed by atoms with van der Waals surface area (Å²) in [5.41, 5.74) is 1.37. The molecule has 2 aromatic rings. The predicted molar refractivity (Wildman–Crippen MR) is 74.5 cm³/mol. The molecule has 19 heavy (non-hydrogen) atoms. The molecule has 0 fully saturated rings. The van der Waals surface area contributed by atoms with Crippen LogP contribution < -0.4 is 0 Å². The van der Waals surface area contributed by atoms with Crippen molar-refractivity contribution in [3.63, 3.8) is 0 Å². The van der Waals surface area contributed by atoms with Gasteiger partial charge < -0.3 is 4.74 Å². The predicted octanol–water partition coefficient (Wildman–Crippen LogP) is 3.08. The average molecular weight is 274 g/mol. The van der Waals surface area contributed by atoms with Crippen molar-refractivity contribution in [2.75, 3.05) is 6.61 Å². The fourth-order valence-corrected chi connectivity index (χ4v) is 2.65. The quantitative estimate of drug-likeness (QED) is 0.621. The van der Waals surface area contributed by atoms with Crippen LogP contribution in [-0.2, 0) is 16.0 Å². The van der Waals surface area contributed by atoms with E-state index < -0.39 is 0 Å². The van der Waals surface area contributed by atoms with Crippen LogP contribution in [0, 0.1) is 0 Å². The fraction of sp³-hybridized carbons (Fsp3) is 0.200. The maximum atomic E-state index is 12.3. The fourth-order valence-electron chi connectivity index (χ4n) is 1.76. The van der Waals surface area contributed by atoms with Crippen LogP contribution in [-0.4, -0.2) is 18.4 Å². The lowest BCUT2D eigenvalue weighted by atomic mass is 10.1. The number of carbonyl (C=O) groups is 2. The van der Waals surface area contributed by atoms with Gasteiger partial charge in [0.1, 0.15) is 0 Å². The van der Waals surface area contributed by atoms with E-state index in [0.29, 0.717) is 17.0 Å². The Balaban J connectivity index is 2.20. The van der Waals surface area contributed by atoms with Gasteiger partial charge in [-0.25, -0.2) is 0 Å². The number of rotatable bonds is 5. The standard InChI is InChI=1S/C15H14O3S/c1-2-18-13(16)10-12-8-9-19-15(12)14(17)11-6-4-3-5-7-11/h3-9H,2,10H2,1H3. The van der Waals surface area contributed by atoms with Gasteiger partial charge in [-0.3, -0.25) is 9.59 Å². The van der Waals surface area contributed by atoms with Gasteiger partial charge in [0.15, 0.2) is 0 Å². The first-order chi connectivity index (χ1) is 9.22. The minimum absolute atomic E-state index is 0.0464. The number of benzene rings is 1. The number of thiophene rings is 1. The van der Waals surface area contributed by atoms with Crippen molar-refractivity contribution >= 4 is 23.1 Å². The van der Waals surface area contributed by atoms with E-state index in [1.54, 1.807) is 25.1 Å². The summed E-state index contributed by atoms with van der Waals surface area (Å²) < 4.78 is 4.91. The zero-order chi connectivity index (χ0) is 13.7. The van der Waals surface area contributed by atoms with Gasteiger partial charge in [0.25, 0.3) is 0 Å². The number of esters is 1. The first-order valence-electron chi connectivity index (χ1n) is 6.04. The molecular formula is C15H14O3S. The minimum Gasteiger partial charge on any atom is -0.466 e. The van der Waals surface area contributed by atoms with Crippen LogP contribution >= 0.6 is 11.3 Å². The van der Waals surface area contributed by atoms with Gasteiger partial charge in [0.2, 0.25) is 5.78 Å². The lowest BCUT2D eigenvalue weighted by Gasteiger charge is -2.03. The zero-order valence-electron chi connectivity index (χ0n) is 10.6. The van der Waals surface area contributed by atoms with Gasteiger partial charge >= 0.3 is 5.97 Å². The molecule has 0 aliphatic heterocycles. The van der Waals surface area contributed by atoms with Crippen LogP contribution in [0.2, 0.25) is 0 Å². The third-order valence-corrected chi connectivity index (χ3v) is 3.58. The van der Waals surface area contributed by atoms with Crippen LogP contribution in [0.5, 0.6) is 0 Å². The Labute approximate surface area is 115 Å². The van der Waals surface area contributed by atoms with E-state index in [4.69, 9.17) is 4.74 Å². The number of ketones is 1. The first kappa shape index (κ1) is 13.5. The summed E-state index contributed by atoms with van der Waals surface area (Å²) in [6, 6.07) is 10.9. The maximum absolute atomic E-state index is 12.3. The molecule has 1 heterocycles. The molecule has 0 bridgehead atoms. The van der Waals surface area contributed by atoms with Gasteiger partial charge in [-0.1, -0.05) is 30.3 Å². The molecule has 0 saturated heterocycles. The van der Waals surface area contributed by atoms with Crippen molar-refractivity contribution in [1.82, 2.24) is 0 Å². The summed E-state index contributed by atoms with van der Waals surface area (Å²) in [7, 11) is 0. The van der Waals surface area contributed by atoms with Crippen molar-refractivity contribution in [2.24, 2.45) is 0 Å². The first-order valence-corrected chi connectivity index (χ1v) is 6.92. The molecule has 0 amide bonds. The topological polar surface area (TPSA) is 43.4 Å². The number of carbonyl (C=O) groups excluding carboxylic acids is 2. The van der Waals surface area contributed by atoms with E-state index in [1.807, 2.05) is 23.6 Å². The number of ether oxygens (including phenoxy) is 1. The van der Waals surface area contributed by atoms with Crippen LogP contribution in [0.15, 0.2) is 41.8 Å². The van der Waals surface area contributed by atoms with Crippen molar-refractivity contribution in [1.29, 1.82) is 0 Å². The molecule has 0 saturated carbocycles. The highest BCUT2D eigenvalue weighted by atomic mass is 32.1. The van der Waals surface area contributed by atoms with Crippen molar-refractivity contribution in [3.8, 4) is 0 Å². The molecule has 4 heteroatoms. The van der Waals surface area contributed by atoms with E-state index in [9.17, 15) is 9.59 Å². The molecule has 2 rings (SSSR count). The Hall–Kier alpha value is -1.94. The lowest BCUT2D eigenvalue weighted by molar-refractivity contribution is -0.142. The summed E-state index contributed by atoms with van der Waals surface area (Å²) in [6.07, 6.45) is 0.144. The Morgan fingerprint density at radius 1 is 1.16 bits per heavy atom. The second kappa shape index (κ2) is 6.29. The van der Waals surface area contributed by atoms with Crippen LogP contribution in [0.25, 0.3) is 0 Å². The number of hydrogen-bond donors (Lipinski definition) is 0. The molecule has 0 aliphatic rings. The molecule has 0 radical (unpaired) electrons. The molecule has 0 aliphatic carbocycles. The van der Waals surface area contributed by atoms with Crippen molar-refractivity contribution < 1.29 is 14.3 Å². The Morgan fingerprint density at radius 2 is 1.89 bits per heavy atom. The average Bonchev–Trinajstić information content (AvgIpc) is 2.87. The SMILES string of the molecule is CCOC(=O)Cc1ccsc1C(=O)c1ccccc1. The van der Waals surface area contributed by atoms with Crippen LogP contribution in [0.1, 0.15) is 27.7 Å². The van der Waals surface area contributed by atoms with Crippen LogP contribution in [0.4, 0.5) is 0 Å². The van der Waals surface area contributed by atoms with Gasteiger partial charge in [0, 0.05) is 5.56 Å². The molecule has 0 spiro atoms. The second-order valence-corrected chi connectivity index (χ2v) is 4.87. The molecule has 0 atom stereocenters. The van der Waals surface area contributed by atoms with Crippen LogP contribution in [0.3, 0.4) is 0 Å². The summed E-state index contributed by atoms with van der Waals surface area (Å²) >= 11 is 1.36. The van der Waals surface area contributed by atoms with Gasteiger partial charge in [-0.05, 0) is 23.9 Å². The Bertz CT molecular complexity index is 572. The van der Waals surface area contributed by atoms with E-state index in [-0.39, 0.29) is 18.2 Å². The largest absolute Gasteiger partial charge is 0.466 e. The molecule has 1 aromatic carbocycles. The zero-order valence-corrected chi connectivity index (χ0v) is 11.4. The molecule has 0 unspecified atom stereocenters. The Kier molecular flexibility index (Phi) is 4.47. The maximum Gasteiger partial charge on any atom is 0.310 e. The monoisotopic (exact) mass is 274 g/mol. The third-order valence-electron chi connectivity index (χ3n) is 2.63. The van der Waals surface area contributed by atoms with E-state index in [1.165, 1.54) is 11.3 Å². The van der Waals surface area contributed by atoms with Crippen molar-refractivity contribution in [2.45, 2.75) is 13.3 Å². The van der Waals surface area contributed by atoms with Crippen molar-refractivity contribution in [3.05, 3.63) is 57.8 Å². The smallest absolute Gasteiger partial charge is 0.310 e. The highest BCUT2D eigenvalue weighted by Crippen LogP contribution is 2.21. The summed E-state index contributed by atoms with van der Waals surface area (Å²) in [6.45, 7) is 2.12. The Morgan fingerprint density at radius 3 is 2.58 bits per heavy atom. The lowest BCUT2D eigenvalue weighted by Crippen LogP contribution is -2.10. The summed E-state index contributed by atoms with van der Waals surface area (Å²) in [5.74, 6) is -0.349. The molecule has 0 N–H and O–H groups in total. The van der Waals surface area contributed by atoms with E-state index >= 15 is 0 Å². The highest BCUT2D eigenvalue weighted by Gasteiger charge is 2.17. The van der Waals surface area contributed by atoms with Gasteiger partial charge in [0.05, 0.1) is 17.9 Å². The molecule has 98 valence electrons. The minimum atomic E-state index is -0.303. The third kappa shape index (κ3) is 3.29. The van der Waals surface area contributed by atoms with Gasteiger partial charge in [-0.15, -0.1) is 11.3 Å². The number of hydrogen-bond acceptors (Lipinski definition) is 4. The van der Waals surface area contributed by atoms with E-state index in [0.717, 1.165) is 5.56 Å². The normalized spacial score (nSPS) is 10.2. The highest BCUT2D eigenvalue weighted by molar-refractivity contribution is 7.12. The van der Waals surface area contributed by atoms with Gasteiger partial charge in [-0.2, -0.15) is 0 Å². The molecule has 3 nitrogen and oxygen atoms in total. The summed E-state index contributed by atoms with van der Waals surface area (Å²) in [5, 5.41) is 1.82. The second-order valence-electron chi connectivity index (χ2n) is 3.95.